The first kappa shape index (κ1) is 18.4. The van der Waals surface area contributed by atoms with Crippen LogP contribution in [0.15, 0.2) is 35.1 Å². The zero-order valence-corrected chi connectivity index (χ0v) is 16.0. The number of pyridine rings is 1. The van der Waals surface area contributed by atoms with E-state index >= 15 is 0 Å². The van der Waals surface area contributed by atoms with Crippen molar-refractivity contribution < 1.29 is 4.79 Å². The third-order valence-electron chi connectivity index (χ3n) is 5.47. The van der Waals surface area contributed by atoms with Crippen LogP contribution in [0.2, 0.25) is 0 Å². The van der Waals surface area contributed by atoms with Crippen molar-refractivity contribution in [1.82, 2.24) is 9.88 Å². The summed E-state index contributed by atoms with van der Waals surface area (Å²) in [6.45, 7) is 7.32. The Hall–Kier alpha value is -2.36. The topological polar surface area (TPSA) is 53.2 Å². The number of amides is 1. The summed E-state index contributed by atoms with van der Waals surface area (Å²) in [6.07, 6.45) is 4.28. The number of H-pyrrole nitrogens is 1. The molecule has 1 atom stereocenters. The van der Waals surface area contributed by atoms with Gasteiger partial charge < -0.3 is 9.88 Å². The van der Waals surface area contributed by atoms with Crippen molar-refractivity contribution in [3.8, 4) is 0 Å². The SMILES string of the molecule is Cc1cc(C)c(C(=O)N2CCC[C@@H](CCc3ccccc3C)C2)c(=O)[nH]1. The Balaban J connectivity index is 1.68. The maximum absolute atomic E-state index is 12.9. The van der Waals surface area contributed by atoms with Crippen molar-refractivity contribution in [2.24, 2.45) is 5.92 Å². The van der Waals surface area contributed by atoms with Crippen LogP contribution in [-0.2, 0) is 6.42 Å². The molecule has 0 unspecified atom stereocenters. The molecule has 1 aliphatic rings. The number of hydrogen-bond donors (Lipinski definition) is 1. The summed E-state index contributed by atoms with van der Waals surface area (Å²) in [5, 5.41) is 0. The first-order valence-electron chi connectivity index (χ1n) is 9.50. The summed E-state index contributed by atoms with van der Waals surface area (Å²) >= 11 is 0. The van der Waals surface area contributed by atoms with Crippen LogP contribution in [0.5, 0.6) is 0 Å². The van der Waals surface area contributed by atoms with Gasteiger partial charge in [0.2, 0.25) is 0 Å². The van der Waals surface area contributed by atoms with Crippen molar-refractivity contribution in [1.29, 1.82) is 0 Å². The normalized spacial score (nSPS) is 17.3. The highest BCUT2D eigenvalue weighted by Gasteiger charge is 2.27. The van der Waals surface area contributed by atoms with Crippen LogP contribution in [0.25, 0.3) is 0 Å². The van der Waals surface area contributed by atoms with Gasteiger partial charge in [-0.25, -0.2) is 0 Å². The van der Waals surface area contributed by atoms with Gasteiger partial charge in [0.05, 0.1) is 0 Å². The maximum atomic E-state index is 12.9. The van der Waals surface area contributed by atoms with Crippen molar-refractivity contribution in [2.45, 2.75) is 46.5 Å². The second-order valence-corrected chi connectivity index (χ2v) is 7.56. The van der Waals surface area contributed by atoms with Gasteiger partial charge in [-0.05, 0) is 75.1 Å². The highest BCUT2D eigenvalue weighted by Crippen LogP contribution is 2.24. The monoisotopic (exact) mass is 352 g/mol. The largest absolute Gasteiger partial charge is 0.338 e. The maximum Gasteiger partial charge on any atom is 0.261 e. The number of aryl methyl sites for hydroxylation is 4. The van der Waals surface area contributed by atoms with Crippen molar-refractivity contribution in [3.05, 3.63) is 68.6 Å². The summed E-state index contributed by atoms with van der Waals surface area (Å²) in [7, 11) is 0. The second-order valence-electron chi connectivity index (χ2n) is 7.56. The molecule has 0 spiro atoms. The molecular formula is C22H28N2O2. The van der Waals surface area contributed by atoms with Gasteiger partial charge in [-0.1, -0.05) is 24.3 Å². The number of aromatic nitrogens is 1. The Morgan fingerprint density at radius 2 is 1.96 bits per heavy atom. The molecule has 0 bridgehead atoms. The minimum Gasteiger partial charge on any atom is -0.338 e. The van der Waals surface area contributed by atoms with E-state index in [1.807, 2.05) is 24.8 Å². The molecule has 4 heteroatoms. The van der Waals surface area contributed by atoms with E-state index in [0.717, 1.165) is 50.0 Å². The molecule has 1 N–H and O–H groups in total. The fourth-order valence-corrected chi connectivity index (χ4v) is 4.01. The van der Waals surface area contributed by atoms with Gasteiger partial charge >= 0.3 is 0 Å². The molecule has 2 aromatic rings. The Morgan fingerprint density at radius 1 is 1.19 bits per heavy atom. The Morgan fingerprint density at radius 3 is 2.69 bits per heavy atom. The highest BCUT2D eigenvalue weighted by atomic mass is 16.2. The average molecular weight is 352 g/mol. The molecule has 0 radical (unpaired) electrons. The first-order chi connectivity index (χ1) is 12.5. The van der Waals surface area contributed by atoms with Crippen LogP contribution in [0.3, 0.4) is 0 Å². The predicted molar refractivity (Wildman–Crippen MR) is 105 cm³/mol. The number of carbonyl (C=O) groups is 1. The van der Waals surface area contributed by atoms with Crippen molar-refractivity contribution in [3.63, 3.8) is 0 Å². The van der Waals surface area contributed by atoms with E-state index in [1.54, 1.807) is 0 Å². The van der Waals surface area contributed by atoms with Crippen LogP contribution in [0.4, 0.5) is 0 Å². The smallest absolute Gasteiger partial charge is 0.261 e. The number of likely N-dealkylation sites (tertiary alicyclic amines) is 1. The average Bonchev–Trinajstić information content (AvgIpc) is 2.60. The molecule has 1 amide bonds. The van der Waals surface area contributed by atoms with E-state index in [2.05, 4.69) is 36.2 Å². The number of aromatic amines is 1. The number of rotatable bonds is 4. The lowest BCUT2D eigenvalue weighted by atomic mass is 9.90. The third kappa shape index (κ3) is 4.06. The molecule has 4 nitrogen and oxygen atoms in total. The lowest BCUT2D eigenvalue weighted by Gasteiger charge is -2.33. The van der Waals surface area contributed by atoms with Crippen LogP contribution >= 0.6 is 0 Å². The number of nitrogens with one attached hydrogen (secondary N) is 1. The number of benzene rings is 1. The van der Waals surface area contributed by atoms with Gasteiger partial charge in [-0.2, -0.15) is 0 Å². The lowest BCUT2D eigenvalue weighted by Crippen LogP contribution is -2.42. The molecule has 3 rings (SSSR count). The third-order valence-corrected chi connectivity index (χ3v) is 5.47. The van der Waals surface area contributed by atoms with Gasteiger partial charge in [0.15, 0.2) is 0 Å². The van der Waals surface area contributed by atoms with Gasteiger partial charge in [0.1, 0.15) is 5.56 Å². The highest BCUT2D eigenvalue weighted by molar-refractivity contribution is 5.95. The molecule has 138 valence electrons. The van der Waals surface area contributed by atoms with E-state index in [0.29, 0.717) is 11.5 Å². The Bertz CT molecular complexity index is 853. The van der Waals surface area contributed by atoms with Crippen LogP contribution in [0, 0.1) is 26.7 Å². The molecule has 2 heterocycles. The van der Waals surface area contributed by atoms with Crippen LogP contribution < -0.4 is 5.56 Å². The Labute approximate surface area is 155 Å². The van der Waals surface area contributed by atoms with Crippen LogP contribution in [-0.4, -0.2) is 28.9 Å². The zero-order chi connectivity index (χ0) is 18.7. The van der Waals surface area contributed by atoms with Gasteiger partial charge in [0, 0.05) is 18.8 Å². The molecule has 1 aromatic carbocycles. The summed E-state index contributed by atoms with van der Waals surface area (Å²) in [4.78, 5) is 29.8. The minimum absolute atomic E-state index is 0.121. The van der Waals surface area contributed by atoms with E-state index in [1.165, 1.54) is 11.1 Å². The molecule has 26 heavy (non-hydrogen) atoms. The Kier molecular flexibility index (Phi) is 5.60. The quantitative estimate of drug-likeness (QED) is 0.910. The number of carbonyl (C=O) groups excluding carboxylic acids is 1. The second kappa shape index (κ2) is 7.90. The summed E-state index contributed by atoms with van der Waals surface area (Å²) in [5.74, 6) is 0.376. The van der Waals surface area contributed by atoms with E-state index in [9.17, 15) is 9.59 Å². The molecule has 0 saturated carbocycles. The van der Waals surface area contributed by atoms with Crippen molar-refractivity contribution in [2.75, 3.05) is 13.1 Å². The summed E-state index contributed by atoms with van der Waals surface area (Å²) in [5.41, 5.74) is 4.31. The summed E-state index contributed by atoms with van der Waals surface area (Å²) in [6, 6.07) is 10.4. The van der Waals surface area contributed by atoms with Crippen molar-refractivity contribution >= 4 is 5.91 Å². The van der Waals surface area contributed by atoms with Gasteiger partial charge in [-0.3, -0.25) is 9.59 Å². The molecular weight excluding hydrogens is 324 g/mol. The fraction of sp³-hybridized carbons (Fsp3) is 0.455. The molecule has 1 fully saturated rings. The van der Waals surface area contributed by atoms with E-state index < -0.39 is 0 Å². The first-order valence-corrected chi connectivity index (χ1v) is 9.50. The molecule has 1 saturated heterocycles. The van der Waals surface area contributed by atoms with Gasteiger partial charge in [0.25, 0.3) is 11.5 Å². The van der Waals surface area contributed by atoms with Gasteiger partial charge in [-0.15, -0.1) is 0 Å². The zero-order valence-electron chi connectivity index (χ0n) is 16.0. The fourth-order valence-electron chi connectivity index (χ4n) is 4.01. The van der Waals surface area contributed by atoms with E-state index in [-0.39, 0.29) is 11.5 Å². The lowest BCUT2D eigenvalue weighted by molar-refractivity contribution is 0.0665. The van der Waals surface area contributed by atoms with E-state index in [4.69, 9.17) is 0 Å². The molecule has 1 aliphatic heterocycles. The number of hydrogen-bond acceptors (Lipinski definition) is 2. The standard InChI is InChI=1S/C22H28N2O2/c1-15-7-4-5-9-19(15)11-10-18-8-6-12-24(14-18)22(26)20-16(2)13-17(3)23-21(20)25/h4-5,7,9,13,18H,6,8,10-12,14H2,1-3H3,(H,23,25)/t18-/m0/s1. The number of nitrogens with zero attached hydrogens (tertiary/aromatic N) is 1. The number of piperidine rings is 1. The molecule has 0 aliphatic carbocycles. The summed E-state index contributed by atoms with van der Waals surface area (Å²) < 4.78 is 0. The molecule has 1 aromatic heterocycles. The predicted octanol–water partition coefficient (Wildman–Crippen LogP) is 3.79. The minimum atomic E-state index is -0.269. The van der Waals surface area contributed by atoms with Crippen LogP contribution in [0.1, 0.15) is 52.0 Å².